The summed E-state index contributed by atoms with van der Waals surface area (Å²) in [6.45, 7) is 7.48. The van der Waals surface area contributed by atoms with Crippen LogP contribution in [0.3, 0.4) is 0 Å². The Morgan fingerprint density at radius 3 is 2.91 bits per heavy atom. The Labute approximate surface area is 69.3 Å². The van der Waals surface area contributed by atoms with Gasteiger partial charge in [0.15, 0.2) is 0 Å². The second-order valence-electron chi connectivity index (χ2n) is 3.63. The number of hydrogen-bond acceptors (Lipinski definition) is 2. The summed E-state index contributed by atoms with van der Waals surface area (Å²) in [7, 11) is 0. The van der Waals surface area contributed by atoms with E-state index in [1.807, 2.05) is 0 Å². The predicted octanol–water partition coefficient (Wildman–Crippen LogP) is 1.41. The van der Waals surface area contributed by atoms with Crippen LogP contribution in [0.25, 0.3) is 0 Å². The molecule has 0 aromatic heterocycles. The van der Waals surface area contributed by atoms with Gasteiger partial charge in [0.05, 0.1) is 0 Å². The Morgan fingerprint density at radius 2 is 2.36 bits per heavy atom. The zero-order chi connectivity index (χ0) is 8.10. The molecular formula is C9H19NO. The standard InChI is InChI=1S/C9H19NO/c1-8(2)10-5-3-9-4-6-11-7-9/h8-10H,3-7H2,1-2H3. The Morgan fingerprint density at radius 1 is 1.55 bits per heavy atom. The number of hydrogen-bond donors (Lipinski definition) is 1. The highest BCUT2D eigenvalue weighted by Gasteiger charge is 2.14. The molecule has 0 saturated carbocycles. The molecule has 0 aromatic carbocycles. The molecule has 1 N–H and O–H groups in total. The summed E-state index contributed by atoms with van der Waals surface area (Å²) >= 11 is 0. The molecule has 66 valence electrons. The van der Waals surface area contributed by atoms with Crippen molar-refractivity contribution in [3.63, 3.8) is 0 Å². The Bertz CT molecular complexity index is 97.7. The molecular weight excluding hydrogens is 138 g/mol. The first-order chi connectivity index (χ1) is 5.29. The molecule has 0 spiro atoms. The van der Waals surface area contributed by atoms with E-state index in [9.17, 15) is 0 Å². The lowest BCUT2D eigenvalue weighted by Gasteiger charge is -2.10. The van der Waals surface area contributed by atoms with Crippen molar-refractivity contribution in [3.8, 4) is 0 Å². The second-order valence-corrected chi connectivity index (χ2v) is 3.63. The minimum atomic E-state index is 0.623. The van der Waals surface area contributed by atoms with E-state index < -0.39 is 0 Å². The first-order valence-corrected chi connectivity index (χ1v) is 4.60. The van der Waals surface area contributed by atoms with E-state index in [-0.39, 0.29) is 0 Å². The first kappa shape index (κ1) is 9.01. The van der Waals surface area contributed by atoms with Gasteiger partial charge >= 0.3 is 0 Å². The van der Waals surface area contributed by atoms with Gasteiger partial charge in [-0.15, -0.1) is 0 Å². The fourth-order valence-corrected chi connectivity index (χ4v) is 1.39. The minimum Gasteiger partial charge on any atom is -0.381 e. The van der Waals surface area contributed by atoms with Gasteiger partial charge in [0, 0.05) is 19.3 Å². The normalized spacial score (nSPS) is 24.8. The van der Waals surface area contributed by atoms with Gasteiger partial charge in [-0.3, -0.25) is 0 Å². The van der Waals surface area contributed by atoms with Gasteiger partial charge in [-0.1, -0.05) is 13.8 Å². The van der Waals surface area contributed by atoms with Crippen molar-refractivity contribution in [2.45, 2.75) is 32.7 Å². The Balaban J connectivity index is 1.94. The zero-order valence-electron chi connectivity index (χ0n) is 7.60. The van der Waals surface area contributed by atoms with Gasteiger partial charge in [0.2, 0.25) is 0 Å². The van der Waals surface area contributed by atoms with E-state index in [2.05, 4.69) is 19.2 Å². The van der Waals surface area contributed by atoms with E-state index in [1.165, 1.54) is 12.8 Å². The van der Waals surface area contributed by atoms with Crippen molar-refractivity contribution in [2.75, 3.05) is 19.8 Å². The largest absolute Gasteiger partial charge is 0.381 e. The molecule has 1 heterocycles. The molecule has 11 heavy (non-hydrogen) atoms. The van der Waals surface area contributed by atoms with Crippen LogP contribution in [0.5, 0.6) is 0 Å². The van der Waals surface area contributed by atoms with Crippen LogP contribution >= 0.6 is 0 Å². The smallest absolute Gasteiger partial charge is 0.0495 e. The lowest BCUT2D eigenvalue weighted by molar-refractivity contribution is 0.184. The fourth-order valence-electron chi connectivity index (χ4n) is 1.39. The highest BCUT2D eigenvalue weighted by molar-refractivity contribution is 4.65. The highest BCUT2D eigenvalue weighted by atomic mass is 16.5. The van der Waals surface area contributed by atoms with Crippen molar-refractivity contribution in [3.05, 3.63) is 0 Å². The average molecular weight is 157 g/mol. The number of nitrogens with one attached hydrogen (secondary N) is 1. The van der Waals surface area contributed by atoms with E-state index in [0.717, 1.165) is 25.7 Å². The third kappa shape index (κ3) is 3.73. The van der Waals surface area contributed by atoms with Gasteiger partial charge < -0.3 is 10.1 Å². The van der Waals surface area contributed by atoms with Crippen LogP contribution in [0.4, 0.5) is 0 Å². The third-order valence-corrected chi connectivity index (χ3v) is 2.13. The predicted molar refractivity (Wildman–Crippen MR) is 46.7 cm³/mol. The molecule has 0 aromatic rings. The zero-order valence-corrected chi connectivity index (χ0v) is 7.60. The topological polar surface area (TPSA) is 21.3 Å². The number of ether oxygens (including phenoxy) is 1. The second kappa shape index (κ2) is 4.73. The summed E-state index contributed by atoms with van der Waals surface area (Å²) in [5.41, 5.74) is 0. The molecule has 1 saturated heterocycles. The molecule has 0 radical (unpaired) electrons. The third-order valence-electron chi connectivity index (χ3n) is 2.13. The van der Waals surface area contributed by atoms with E-state index >= 15 is 0 Å². The van der Waals surface area contributed by atoms with E-state index in [0.29, 0.717) is 6.04 Å². The lowest BCUT2D eigenvalue weighted by atomic mass is 10.1. The van der Waals surface area contributed by atoms with E-state index in [4.69, 9.17) is 4.74 Å². The SMILES string of the molecule is CC(C)NCCC1CCOC1. The molecule has 1 fully saturated rings. The maximum Gasteiger partial charge on any atom is 0.0495 e. The lowest BCUT2D eigenvalue weighted by Crippen LogP contribution is -2.25. The molecule has 0 bridgehead atoms. The van der Waals surface area contributed by atoms with Crippen LogP contribution in [0.1, 0.15) is 26.7 Å². The summed E-state index contributed by atoms with van der Waals surface area (Å²) in [6.07, 6.45) is 2.54. The average Bonchev–Trinajstić information content (AvgIpc) is 2.39. The quantitative estimate of drug-likeness (QED) is 0.666. The monoisotopic (exact) mass is 157 g/mol. The summed E-state index contributed by atoms with van der Waals surface area (Å²) in [5.74, 6) is 0.821. The van der Waals surface area contributed by atoms with Crippen molar-refractivity contribution in [1.29, 1.82) is 0 Å². The molecule has 0 amide bonds. The summed E-state index contributed by atoms with van der Waals surface area (Å²) < 4.78 is 5.29. The summed E-state index contributed by atoms with van der Waals surface area (Å²) in [5, 5.41) is 3.42. The number of rotatable bonds is 4. The molecule has 1 rings (SSSR count). The first-order valence-electron chi connectivity index (χ1n) is 4.60. The van der Waals surface area contributed by atoms with Crippen LogP contribution in [0.2, 0.25) is 0 Å². The van der Waals surface area contributed by atoms with Gasteiger partial charge in [0.1, 0.15) is 0 Å². The van der Waals surface area contributed by atoms with Crippen LogP contribution in [-0.2, 0) is 4.74 Å². The van der Waals surface area contributed by atoms with Crippen molar-refractivity contribution in [1.82, 2.24) is 5.32 Å². The molecule has 0 aliphatic carbocycles. The molecule has 1 atom stereocenters. The summed E-state index contributed by atoms with van der Waals surface area (Å²) in [6, 6.07) is 0.623. The van der Waals surface area contributed by atoms with Crippen LogP contribution in [0.15, 0.2) is 0 Å². The molecule has 2 heteroatoms. The van der Waals surface area contributed by atoms with Crippen LogP contribution in [0, 0.1) is 5.92 Å². The van der Waals surface area contributed by atoms with Crippen LogP contribution in [-0.4, -0.2) is 25.8 Å². The van der Waals surface area contributed by atoms with Crippen molar-refractivity contribution < 1.29 is 4.74 Å². The maximum absolute atomic E-state index is 5.29. The van der Waals surface area contributed by atoms with Crippen molar-refractivity contribution >= 4 is 0 Å². The molecule has 2 nitrogen and oxygen atoms in total. The Kier molecular flexibility index (Phi) is 3.87. The van der Waals surface area contributed by atoms with Crippen molar-refractivity contribution in [2.24, 2.45) is 5.92 Å². The maximum atomic E-state index is 5.29. The van der Waals surface area contributed by atoms with Crippen LogP contribution < -0.4 is 5.32 Å². The van der Waals surface area contributed by atoms with Gasteiger partial charge in [-0.25, -0.2) is 0 Å². The van der Waals surface area contributed by atoms with Gasteiger partial charge in [-0.2, -0.15) is 0 Å². The van der Waals surface area contributed by atoms with Gasteiger partial charge in [0.25, 0.3) is 0 Å². The highest BCUT2D eigenvalue weighted by Crippen LogP contribution is 2.15. The Hall–Kier alpha value is -0.0800. The van der Waals surface area contributed by atoms with E-state index in [1.54, 1.807) is 0 Å². The van der Waals surface area contributed by atoms with Gasteiger partial charge in [-0.05, 0) is 25.3 Å². The molecule has 1 aliphatic heterocycles. The summed E-state index contributed by atoms with van der Waals surface area (Å²) in [4.78, 5) is 0. The minimum absolute atomic E-state index is 0.623. The fraction of sp³-hybridized carbons (Fsp3) is 1.00. The molecule has 1 unspecified atom stereocenters. The molecule has 1 aliphatic rings.